The van der Waals surface area contributed by atoms with Crippen LogP contribution in [0.2, 0.25) is 0 Å². The Bertz CT molecular complexity index is 208. The molecule has 82 valence electrons. The predicted octanol–water partition coefficient (Wildman–Crippen LogP) is -1.26. The maximum absolute atomic E-state index is 10.3. The molecule has 1 fully saturated rings. The summed E-state index contributed by atoms with van der Waals surface area (Å²) in [7, 11) is 3.07. The smallest absolute Gasteiger partial charge is 0.333 e. The standard InChI is InChI=1S/C8H15NO5/c1-13-8(14-2)4-9(5-8)3-6(10)7(11)12/h6,10H,3-5H2,1-2H3,(H,11,12). The van der Waals surface area contributed by atoms with E-state index in [0.717, 1.165) is 0 Å². The summed E-state index contributed by atoms with van der Waals surface area (Å²) in [6.07, 6.45) is -1.35. The molecule has 0 radical (unpaired) electrons. The van der Waals surface area contributed by atoms with Gasteiger partial charge in [0.25, 0.3) is 0 Å². The minimum Gasteiger partial charge on any atom is -0.479 e. The third-order valence-electron chi connectivity index (χ3n) is 2.39. The second-order valence-electron chi connectivity index (χ2n) is 3.34. The maximum Gasteiger partial charge on any atom is 0.333 e. The van der Waals surface area contributed by atoms with Gasteiger partial charge in [0.05, 0.1) is 13.1 Å². The van der Waals surface area contributed by atoms with E-state index in [9.17, 15) is 4.79 Å². The van der Waals surface area contributed by atoms with Crippen LogP contribution in [0.4, 0.5) is 0 Å². The van der Waals surface area contributed by atoms with Crippen LogP contribution in [-0.4, -0.2) is 66.8 Å². The number of carbonyl (C=O) groups is 1. The highest BCUT2D eigenvalue weighted by Crippen LogP contribution is 2.24. The number of aliphatic hydroxyl groups is 1. The lowest BCUT2D eigenvalue weighted by molar-refractivity contribution is -0.277. The summed E-state index contributed by atoms with van der Waals surface area (Å²) in [5.74, 6) is -1.84. The van der Waals surface area contributed by atoms with Crippen molar-refractivity contribution in [2.24, 2.45) is 0 Å². The molecule has 1 unspecified atom stereocenters. The van der Waals surface area contributed by atoms with Gasteiger partial charge in [-0.15, -0.1) is 0 Å². The Kier molecular flexibility index (Phi) is 3.43. The average Bonchev–Trinajstić information content (AvgIpc) is 2.10. The number of aliphatic hydroxyl groups excluding tert-OH is 1. The second-order valence-corrected chi connectivity index (χ2v) is 3.34. The predicted molar refractivity (Wildman–Crippen MR) is 46.8 cm³/mol. The number of ether oxygens (including phenoxy) is 2. The average molecular weight is 205 g/mol. The Morgan fingerprint density at radius 3 is 2.36 bits per heavy atom. The molecule has 6 nitrogen and oxygen atoms in total. The van der Waals surface area contributed by atoms with Gasteiger partial charge in [-0.2, -0.15) is 0 Å². The first-order valence-electron chi connectivity index (χ1n) is 4.26. The Hall–Kier alpha value is -0.690. The van der Waals surface area contributed by atoms with Crippen LogP contribution in [0.15, 0.2) is 0 Å². The molecule has 1 saturated heterocycles. The zero-order valence-electron chi connectivity index (χ0n) is 8.27. The molecule has 1 aliphatic heterocycles. The van der Waals surface area contributed by atoms with Crippen molar-refractivity contribution >= 4 is 5.97 Å². The number of methoxy groups -OCH3 is 2. The third-order valence-corrected chi connectivity index (χ3v) is 2.39. The first kappa shape index (κ1) is 11.4. The summed E-state index contributed by atoms with van der Waals surface area (Å²) < 4.78 is 10.2. The molecule has 1 rings (SSSR count). The van der Waals surface area contributed by atoms with E-state index in [1.807, 2.05) is 0 Å². The highest BCUT2D eigenvalue weighted by molar-refractivity contribution is 5.72. The monoisotopic (exact) mass is 205 g/mol. The molecule has 1 atom stereocenters. The van der Waals surface area contributed by atoms with Crippen LogP contribution in [0.5, 0.6) is 0 Å². The zero-order chi connectivity index (χ0) is 10.8. The topological polar surface area (TPSA) is 79.2 Å². The van der Waals surface area contributed by atoms with Gasteiger partial charge in [-0.1, -0.05) is 0 Å². The summed E-state index contributed by atoms with van der Waals surface area (Å²) in [6, 6.07) is 0. The molecule has 0 aromatic heterocycles. The lowest BCUT2D eigenvalue weighted by atomic mass is 10.1. The molecular weight excluding hydrogens is 190 g/mol. The van der Waals surface area contributed by atoms with E-state index in [1.54, 1.807) is 4.90 Å². The molecule has 6 heteroatoms. The van der Waals surface area contributed by atoms with Gasteiger partial charge >= 0.3 is 5.97 Å². The molecule has 1 heterocycles. The fourth-order valence-electron chi connectivity index (χ4n) is 1.43. The van der Waals surface area contributed by atoms with Gasteiger partial charge in [-0.3, -0.25) is 4.90 Å². The summed E-state index contributed by atoms with van der Waals surface area (Å²) >= 11 is 0. The second kappa shape index (κ2) is 4.22. The van der Waals surface area contributed by atoms with E-state index < -0.39 is 17.9 Å². The van der Waals surface area contributed by atoms with Gasteiger partial charge < -0.3 is 19.7 Å². The number of likely N-dealkylation sites (tertiary alicyclic amines) is 1. The van der Waals surface area contributed by atoms with Crippen LogP contribution in [0.3, 0.4) is 0 Å². The molecule has 0 aromatic rings. The van der Waals surface area contributed by atoms with E-state index in [0.29, 0.717) is 13.1 Å². The maximum atomic E-state index is 10.3. The third kappa shape index (κ3) is 2.21. The number of carboxylic acids is 1. The summed E-state index contributed by atoms with van der Waals surface area (Å²) in [5.41, 5.74) is 0. The SMILES string of the molecule is COC1(OC)CN(CC(O)C(=O)O)C1. The van der Waals surface area contributed by atoms with Crippen molar-refractivity contribution in [2.45, 2.75) is 11.9 Å². The van der Waals surface area contributed by atoms with Crippen molar-refractivity contribution in [1.82, 2.24) is 4.90 Å². The molecule has 0 aromatic carbocycles. The van der Waals surface area contributed by atoms with Crippen molar-refractivity contribution in [3.05, 3.63) is 0 Å². The highest BCUT2D eigenvalue weighted by Gasteiger charge is 2.44. The van der Waals surface area contributed by atoms with Crippen LogP contribution in [-0.2, 0) is 14.3 Å². The van der Waals surface area contributed by atoms with Gasteiger partial charge in [0.2, 0.25) is 0 Å². The summed E-state index contributed by atoms with van der Waals surface area (Å²) in [6.45, 7) is 1.05. The number of hydrogen-bond donors (Lipinski definition) is 2. The summed E-state index contributed by atoms with van der Waals surface area (Å²) in [4.78, 5) is 12.1. The van der Waals surface area contributed by atoms with E-state index in [2.05, 4.69) is 0 Å². The van der Waals surface area contributed by atoms with Gasteiger partial charge in [0.15, 0.2) is 11.9 Å². The molecule has 0 spiro atoms. The molecule has 1 aliphatic rings. The normalized spacial score (nSPS) is 22.8. The lowest BCUT2D eigenvalue weighted by Crippen LogP contribution is -2.65. The first-order chi connectivity index (χ1) is 6.53. The van der Waals surface area contributed by atoms with Crippen molar-refractivity contribution in [1.29, 1.82) is 0 Å². The number of β-amino-alcohol motifs (C(OH)–C–C–N with tert-alkyl or cyclic N) is 1. The van der Waals surface area contributed by atoms with Crippen LogP contribution < -0.4 is 0 Å². The van der Waals surface area contributed by atoms with Gasteiger partial charge in [0.1, 0.15) is 0 Å². The van der Waals surface area contributed by atoms with E-state index in [4.69, 9.17) is 19.7 Å². The molecule has 2 N–H and O–H groups in total. The minimum absolute atomic E-state index is 0.101. The van der Waals surface area contributed by atoms with E-state index >= 15 is 0 Å². The van der Waals surface area contributed by atoms with Crippen molar-refractivity contribution in [3.63, 3.8) is 0 Å². The quantitative estimate of drug-likeness (QED) is 0.545. The first-order valence-corrected chi connectivity index (χ1v) is 4.26. The lowest BCUT2D eigenvalue weighted by Gasteiger charge is -2.47. The van der Waals surface area contributed by atoms with Crippen LogP contribution in [0.25, 0.3) is 0 Å². The largest absolute Gasteiger partial charge is 0.479 e. The number of nitrogens with zero attached hydrogens (tertiary/aromatic N) is 1. The van der Waals surface area contributed by atoms with Crippen molar-refractivity contribution < 1.29 is 24.5 Å². The van der Waals surface area contributed by atoms with E-state index in [1.165, 1.54) is 14.2 Å². The zero-order valence-corrected chi connectivity index (χ0v) is 8.27. The minimum atomic E-state index is -1.35. The Morgan fingerprint density at radius 2 is 2.00 bits per heavy atom. The molecule has 0 saturated carbocycles. The Balaban J connectivity index is 2.30. The van der Waals surface area contributed by atoms with Gasteiger partial charge in [-0.05, 0) is 0 Å². The number of aliphatic carboxylic acids is 1. The van der Waals surface area contributed by atoms with Gasteiger partial charge in [-0.25, -0.2) is 4.79 Å². The number of hydrogen-bond acceptors (Lipinski definition) is 5. The fourth-order valence-corrected chi connectivity index (χ4v) is 1.43. The molecule has 0 bridgehead atoms. The van der Waals surface area contributed by atoms with Crippen molar-refractivity contribution in [3.8, 4) is 0 Å². The Labute approximate surface area is 82.0 Å². The highest BCUT2D eigenvalue weighted by atomic mass is 16.7. The van der Waals surface area contributed by atoms with Crippen molar-refractivity contribution in [2.75, 3.05) is 33.9 Å². The molecule has 0 aliphatic carbocycles. The van der Waals surface area contributed by atoms with Gasteiger partial charge in [0, 0.05) is 20.8 Å². The summed E-state index contributed by atoms with van der Waals surface area (Å²) in [5, 5.41) is 17.5. The van der Waals surface area contributed by atoms with Crippen LogP contribution >= 0.6 is 0 Å². The molecule has 0 amide bonds. The number of carboxylic acid groups (broad SMARTS) is 1. The molecular formula is C8H15NO5. The molecule has 14 heavy (non-hydrogen) atoms. The fraction of sp³-hybridized carbons (Fsp3) is 0.875. The number of rotatable bonds is 5. The van der Waals surface area contributed by atoms with E-state index in [-0.39, 0.29) is 6.54 Å². The van der Waals surface area contributed by atoms with Crippen LogP contribution in [0, 0.1) is 0 Å². The van der Waals surface area contributed by atoms with Crippen LogP contribution in [0.1, 0.15) is 0 Å². The Morgan fingerprint density at radius 1 is 1.50 bits per heavy atom.